The number of methoxy groups -OCH3 is 1. The summed E-state index contributed by atoms with van der Waals surface area (Å²) >= 11 is 3.33. The van der Waals surface area contributed by atoms with Gasteiger partial charge in [-0.2, -0.15) is 13.1 Å². The summed E-state index contributed by atoms with van der Waals surface area (Å²) in [7, 11) is -2.13. The van der Waals surface area contributed by atoms with Crippen molar-refractivity contribution in [2.45, 2.75) is 0 Å². The van der Waals surface area contributed by atoms with Gasteiger partial charge in [-0.05, 0) is 28.1 Å². The molecular weight excluding hydrogens is 346 g/mol. The molecule has 8 heteroatoms. The average Bonchev–Trinajstić information content (AvgIpc) is 2.38. The van der Waals surface area contributed by atoms with E-state index in [2.05, 4.69) is 30.4 Å². The van der Waals surface area contributed by atoms with Gasteiger partial charge in [0.25, 0.3) is 10.2 Å². The highest BCUT2D eigenvalue weighted by molar-refractivity contribution is 9.10. The molecule has 2 aromatic rings. The van der Waals surface area contributed by atoms with Crippen molar-refractivity contribution in [1.29, 1.82) is 0 Å². The quantitative estimate of drug-likeness (QED) is 0.771. The number of benzene rings is 1. The van der Waals surface area contributed by atoms with Crippen molar-refractivity contribution in [3.63, 3.8) is 0 Å². The lowest BCUT2D eigenvalue weighted by Gasteiger charge is -2.11. The topological polar surface area (TPSA) is 80.3 Å². The van der Waals surface area contributed by atoms with Gasteiger partial charge in [0, 0.05) is 29.7 Å². The Balaban J connectivity index is 2.25. The Morgan fingerprint density at radius 2 is 2.20 bits per heavy atom. The molecule has 0 bridgehead atoms. The molecule has 0 radical (unpaired) electrons. The van der Waals surface area contributed by atoms with Gasteiger partial charge < -0.3 is 4.74 Å². The number of hydrogen-bond acceptors (Lipinski definition) is 4. The molecule has 2 N–H and O–H groups in total. The van der Waals surface area contributed by atoms with Gasteiger partial charge in [0.2, 0.25) is 0 Å². The van der Waals surface area contributed by atoms with Gasteiger partial charge >= 0.3 is 0 Å². The Kier molecular flexibility index (Phi) is 4.92. The van der Waals surface area contributed by atoms with Crippen LogP contribution >= 0.6 is 15.9 Å². The summed E-state index contributed by atoms with van der Waals surface area (Å²) in [6, 6.07) is 7.17. The number of nitrogens with zero attached hydrogens (tertiary/aromatic N) is 1. The first-order valence-corrected chi connectivity index (χ1v) is 8.10. The van der Waals surface area contributed by atoms with Crippen LogP contribution in [0.3, 0.4) is 0 Å². The highest BCUT2D eigenvalue weighted by atomic mass is 79.9. The lowest BCUT2D eigenvalue weighted by atomic mass is 10.2. The minimum Gasteiger partial charge on any atom is -0.383 e. The maximum Gasteiger partial charge on any atom is 0.299 e. The molecule has 20 heavy (non-hydrogen) atoms. The predicted octanol–water partition coefficient (Wildman–Crippen LogP) is 1.89. The fourth-order valence-corrected chi connectivity index (χ4v) is 2.90. The molecule has 0 saturated heterocycles. The summed E-state index contributed by atoms with van der Waals surface area (Å²) in [6.45, 7) is 0.511. The van der Waals surface area contributed by atoms with Crippen molar-refractivity contribution < 1.29 is 13.2 Å². The summed E-state index contributed by atoms with van der Waals surface area (Å²) in [5.74, 6) is 0. The van der Waals surface area contributed by atoms with Crippen molar-refractivity contribution in [3.8, 4) is 0 Å². The number of para-hydroxylation sites is 1. The smallest absolute Gasteiger partial charge is 0.299 e. The van der Waals surface area contributed by atoms with Gasteiger partial charge in [-0.1, -0.05) is 12.1 Å². The van der Waals surface area contributed by atoms with Crippen LogP contribution in [0.2, 0.25) is 0 Å². The normalized spacial score (nSPS) is 11.7. The number of aromatic nitrogens is 1. The van der Waals surface area contributed by atoms with Gasteiger partial charge in [0.1, 0.15) is 0 Å². The summed E-state index contributed by atoms with van der Waals surface area (Å²) in [5, 5.41) is 0.844. The largest absolute Gasteiger partial charge is 0.383 e. The molecule has 0 saturated carbocycles. The lowest BCUT2D eigenvalue weighted by Crippen LogP contribution is -2.32. The predicted molar refractivity (Wildman–Crippen MR) is 81.9 cm³/mol. The molecular formula is C12H14BrN3O3S. The van der Waals surface area contributed by atoms with Crippen molar-refractivity contribution in [3.05, 3.63) is 34.9 Å². The van der Waals surface area contributed by atoms with Gasteiger partial charge in [-0.3, -0.25) is 9.71 Å². The van der Waals surface area contributed by atoms with Crippen molar-refractivity contribution in [2.75, 3.05) is 25.0 Å². The van der Waals surface area contributed by atoms with E-state index in [1.165, 1.54) is 7.11 Å². The molecule has 0 aliphatic carbocycles. The third-order valence-electron chi connectivity index (χ3n) is 2.52. The number of hydrogen-bond donors (Lipinski definition) is 2. The minimum absolute atomic E-state index is 0.204. The Labute approximate surface area is 125 Å². The summed E-state index contributed by atoms with van der Waals surface area (Å²) in [6.07, 6.45) is 1.62. The maximum absolute atomic E-state index is 11.9. The summed E-state index contributed by atoms with van der Waals surface area (Å²) in [5.41, 5.74) is 1.02. The number of rotatable bonds is 6. The average molecular weight is 360 g/mol. The minimum atomic E-state index is -3.64. The van der Waals surface area contributed by atoms with E-state index in [1.807, 2.05) is 12.1 Å². The highest BCUT2D eigenvalue weighted by Crippen LogP contribution is 2.24. The molecule has 1 aromatic heterocycles. The number of fused-ring (bicyclic) bond motifs is 1. The molecule has 0 aliphatic heterocycles. The van der Waals surface area contributed by atoms with E-state index >= 15 is 0 Å². The van der Waals surface area contributed by atoms with Gasteiger partial charge in [0.05, 0.1) is 17.8 Å². The second-order valence-electron chi connectivity index (χ2n) is 4.02. The molecule has 108 valence electrons. The Morgan fingerprint density at radius 1 is 1.40 bits per heavy atom. The van der Waals surface area contributed by atoms with Crippen LogP contribution in [-0.4, -0.2) is 33.7 Å². The number of halogens is 1. The maximum atomic E-state index is 11.9. The summed E-state index contributed by atoms with van der Waals surface area (Å²) in [4.78, 5) is 4.24. The Bertz CT molecular complexity index is 706. The van der Waals surface area contributed by atoms with Gasteiger partial charge in [-0.15, -0.1) is 0 Å². The van der Waals surface area contributed by atoms with Crippen molar-refractivity contribution in [2.24, 2.45) is 0 Å². The van der Waals surface area contributed by atoms with Gasteiger partial charge in [0.15, 0.2) is 0 Å². The Hall–Kier alpha value is -1.22. The summed E-state index contributed by atoms with van der Waals surface area (Å²) < 4.78 is 34.2. The second-order valence-corrected chi connectivity index (χ2v) is 6.44. The van der Waals surface area contributed by atoms with Crippen LogP contribution in [0.5, 0.6) is 0 Å². The third kappa shape index (κ3) is 3.89. The SMILES string of the molecule is COCCNS(=O)(=O)Nc1cccc2cc(Br)cnc12. The van der Waals surface area contributed by atoms with Crippen LogP contribution in [0.1, 0.15) is 0 Å². The first-order chi connectivity index (χ1) is 9.52. The molecule has 6 nitrogen and oxygen atoms in total. The van der Waals surface area contributed by atoms with Crippen molar-refractivity contribution >= 4 is 42.7 Å². The molecule has 0 fully saturated rings. The molecule has 0 aliphatic rings. The molecule has 0 amide bonds. The molecule has 0 atom stereocenters. The van der Waals surface area contributed by atoms with E-state index in [0.29, 0.717) is 17.8 Å². The number of ether oxygens (including phenoxy) is 1. The van der Waals surface area contributed by atoms with Crippen LogP contribution in [0.15, 0.2) is 34.9 Å². The Morgan fingerprint density at radius 3 is 2.95 bits per heavy atom. The van der Waals surface area contributed by atoms with Crippen LogP contribution in [0.4, 0.5) is 5.69 Å². The van der Waals surface area contributed by atoms with Crippen LogP contribution in [0, 0.1) is 0 Å². The second kappa shape index (κ2) is 6.49. The van der Waals surface area contributed by atoms with E-state index in [9.17, 15) is 8.42 Å². The van der Waals surface area contributed by atoms with Crippen molar-refractivity contribution in [1.82, 2.24) is 9.71 Å². The zero-order chi connectivity index (χ0) is 14.6. The van der Waals surface area contributed by atoms with Gasteiger partial charge in [-0.25, -0.2) is 0 Å². The fraction of sp³-hybridized carbons (Fsp3) is 0.250. The number of nitrogens with one attached hydrogen (secondary N) is 2. The van der Waals surface area contributed by atoms with Crippen LogP contribution in [-0.2, 0) is 14.9 Å². The fourth-order valence-electron chi connectivity index (χ4n) is 1.68. The number of pyridine rings is 1. The molecule has 0 spiro atoms. The molecule has 1 aromatic carbocycles. The molecule has 2 rings (SSSR count). The number of anilines is 1. The van der Waals surface area contributed by atoms with E-state index < -0.39 is 10.2 Å². The van der Waals surface area contributed by atoms with E-state index in [1.54, 1.807) is 18.3 Å². The lowest BCUT2D eigenvalue weighted by molar-refractivity contribution is 0.204. The first kappa shape index (κ1) is 15.2. The van der Waals surface area contributed by atoms with Crippen LogP contribution in [0.25, 0.3) is 10.9 Å². The zero-order valence-corrected chi connectivity index (χ0v) is 13.2. The third-order valence-corrected chi connectivity index (χ3v) is 4.03. The monoisotopic (exact) mass is 359 g/mol. The van der Waals surface area contributed by atoms with Crippen LogP contribution < -0.4 is 9.44 Å². The molecule has 0 unspecified atom stereocenters. The standard InChI is InChI=1S/C12H14BrN3O3S/c1-19-6-5-15-20(17,18)16-11-4-2-3-9-7-10(13)8-14-12(9)11/h2-4,7-8,15-16H,5-6H2,1H3. The van der Waals surface area contributed by atoms with E-state index in [-0.39, 0.29) is 6.54 Å². The van der Waals surface area contributed by atoms with E-state index in [4.69, 9.17) is 4.74 Å². The highest BCUT2D eigenvalue weighted by Gasteiger charge is 2.11. The molecule has 1 heterocycles. The zero-order valence-electron chi connectivity index (χ0n) is 10.8. The van der Waals surface area contributed by atoms with E-state index in [0.717, 1.165) is 9.86 Å². The first-order valence-electron chi connectivity index (χ1n) is 5.82.